The number of nitrogens with zero attached hydrogens (tertiary/aromatic N) is 1. The first-order valence-electron chi connectivity index (χ1n) is 6.62. The highest BCUT2D eigenvalue weighted by molar-refractivity contribution is 5.21. The molecule has 0 bridgehead atoms. The van der Waals surface area contributed by atoms with Crippen LogP contribution in [0.5, 0.6) is 0 Å². The second kappa shape index (κ2) is 5.32. The third kappa shape index (κ3) is 2.77. The average Bonchev–Trinajstić information content (AvgIpc) is 3.26. The Labute approximate surface area is 108 Å². The molecule has 3 rings (SSSR count). The Hall–Kier alpha value is -1.67. The summed E-state index contributed by atoms with van der Waals surface area (Å²) in [5, 5.41) is 3.65. The predicted molar refractivity (Wildman–Crippen MR) is 73.0 cm³/mol. The van der Waals surface area contributed by atoms with E-state index in [0.29, 0.717) is 6.04 Å². The Balaban J connectivity index is 1.68. The first-order chi connectivity index (χ1) is 8.93. The van der Waals surface area contributed by atoms with E-state index in [1.54, 1.807) is 0 Å². The van der Waals surface area contributed by atoms with Gasteiger partial charge in [0.05, 0.1) is 5.69 Å². The van der Waals surface area contributed by atoms with Crippen LogP contribution in [0, 0.1) is 5.92 Å². The molecule has 2 aromatic rings. The minimum Gasteiger partial charge on any atom is -0.304 e. The fraction of sp³-hybridized carbons (Fsp3) is 0.312. The van der Waals surface area contributed by atoms with E-state index in [0.717, 1.165) is 18.2 Å². The highest BCUT2D eigenvalue weighted by Crippen LogP contribution is 2.40. The summed E-state index contributed by atoms with van der Waals surface area (Å²) in [5.74, 6) is 0.802. The number of nitrogens with one attached hydrogen (secondary N) is 1. The lowest BCUT2D eigenvalue weighted by atomic mass is 10.0. The van der Waals surface area contributed by atoms with Crippen molar-refractivity contribution in [3.63, 3.8) is 0 Å². The van der Waals surface area contributed by atoms with Gasteiger partial charge in [0.25, 0.3) is 0 Å². The molecular weight excluding hydrogens is 220 g/mol. The number of pyridine rings is 1. The lowest BCUT2D eigenvalue weighted by Crippen LogP contribution is -2.23. The van der Waals surface area contributed by atoms with Crippen LogP contribution in [0.15, 0.2) is 54.7 Å². The van der Waals surface area contributed by atoms with Gasteiger partial charge in [-0.25, -0.2) is 0 Å². The monoisotopic (exact) mass is 238 g/mol. The van der Waals surface area contributed by atoms with E-state index >= 15 is 0 Å². The average molecular weight is 238 g/mol. The fourth-order valence-corrected chi connectivity index (χ4v) is 2.36. The summed E-state index contributed by atoms with van der Waals surface area (Å²) in [6, 6.07) is 17.3. The minimum atomic E-state index is 0.480. The summed E-state index contributed by atoms with van der Waals surface area (Å²) in [5.41, 5.74) is 2.51. The van der Waals surface area contributed by atoms with Crippen molar-refractivity contribution in [3.8, 4) is 0 Å². The van der Waals surface area contributed by atoms with E-state index in [2.05, 4.69) is 46.7 Å². The van der Waals surface area contributed by atoms with Gasteiger partial charge in [0.15, 0.2) is 0 Å². The highest BCUT2D eigenvalue weighted by atomic mass is 14.9. The van der Waals surface area contributed by atoms with Crippen molar-refractivity contribution >= 4 is 0 Å². The van der Waals surface area contributed by atoms with Crippen molar-refractivity contribution in [2.45, 2.75) is 25.4 Å². The van der Waals surface area contributed by atoms with Gasteiger partial charge in [-0.1, -0.05) is 36.4 Å². The topological polar surface area (TPSA) is 24.9 Å². The SMILES string of the molecule is c1ccc([C@@H](NCc2ccccn2)C2CC2)cc1. The van der Waals surface area contributed by atoms with Gasteiger partial charge in [-0.3, -0.25) is 4.98 Å². The van der Waals surface area contributed by atoms with Gasteiger partial charge in [-0.2, -0.15) is 0 Å². The molecule has 0 unspecified atom stereocenters. The number of aromatic nitrogens is 1. The second-order valence-corrected chi connectivity index (χ2v) is 4.93. The van der Waals surface area contributed by atoms with Crippen LogP contribution in [-0.2, 0) is 6.54 Å². The van der Waals surface area contributed by atoms with Crippen molar-refractivity contribution in [2.24, 2.45) is 5.92 Å². The summed E-state index contributed by atoms with van der Waals surface area (Å²) >= 11 is 0. The Morgan fingerprint density at radius 3 is 2.50 bits per heavy atom. The molecule has 1 aromatic carbocycles. The molecule has 2 nitrogen and oxygen atoms in total. The number of rotatable bonds is 5. The maximum absolute atomic E-state index is 4.36. The Morgan fingerprint density at radius 2 is 1.83 bits per heavy atom. The molecule has 0 radical (unpaired) electrons. The van der Waals surface area contributed by atoms with E-state index in [4.69, 9.17) is 0 Å². The van der Waals surface area contributed by atoms with Crippen molar-refractivity contribution in [1.82, 2.24) is 10.3 Å². The van der Waals surface area contributed by atoms with Gasteiger partial charge >= 0.3 is 0 Å². The largest absolute Gasteiger partial charge is 0.304 e. The molecule has 1 aliphatic rings. The second-order valence-electron chi connectivity index (χ2n) is 4.93. The van der Waals surface area contributed by atoms with Gasteiger partial charge in [-0.05, 0) is 36.5 Å². The molecule has 1 fully saturated rings. The van der Waals surface area contributed by atoms with Crippen LogP contribution in [0.25, 0.3) is 0 Å². The first-order valence-corrected chi connectivity index (χ1v) is 6.62. The molecular formula is C16H18N2. The minimum absolute atomic E-state index is 0.480. The maximum atomic E-state index is 4.36. The molecule has 0 aliphatic heterocycles. The molecule has 1 atom stereocenters. The third-order valence-corrected chi connectivity index (χ3v) is 3.48. The molecule has 1 aromatic heterocycles. The Morgan fingerprint density at radius 1 is 1.06 bits per heavy atom. The molecule has 1 N–H and O–H groups in total. The summed E-state index contributed by atoms with van der Waals surface area (Å²) < 4.78 is 0. The quantitative estimate of drug-likeness (QED) is 0.864. The van der Waals surface area contributed by atoms with Crippen LogP contribution in [0.3, 0.4) is 0 Å². The van der Waals surface area contributed by atoms with E-state index in [1.165, 1.54) is 18.4 Å². The van der Waals surface area contributed by atoms with Gasteiger partial charge < -0.3 is 5.32 Å². The van der Waals surface area contributed by atoms with E-state index in [1.807, 2.05) is 18.3 Å². The van der Waals surface area contributed by atoms with Gasteiger partial charge in [0.2, 0.25) is 0 Å². The maximum Gasteiger partial charge on any atom is 0.0541 e. The third-order valence-electron chi connectivity index (χ3n) is 3.48. The smallest absolute Gasteiger partial charge is 0.0541 e. The van der Waals surface area contributed by atoms with E-state index in [9.17, 15) is 0 Å². The molecule has 2 heteroatoms. The summed E-state index contributed by atoms with van der Waals surface area (Å²) in [6.45, 7) is 0.844. The summed E-state index contributed by atoms with van der Waals surface area (Å²) in [4.78, 5) is 4.36. The normalized spacial score (nSPS) is 16.4. The van der Waals surface area contributed by atoms with Crippen LogP contribution in [0.1, 0.15) is 30.1 Å². The lowest BCUT2D eigenvalue weighted by molar-refractivity contribution is 0.476. The Kier molecular flexibility index (Phi) is 3.37. The van der Waals surface area contributed by atoms with Gasteiger partial charge in [0.1, 0.15) is 0 Å². The molecule has 0 spiro atoms. The fourth-order valence-electron chi connectivity index (χ4n) is 2.36. The number of hydrogen-bond acceptors (Lipinski definition) is 2. The molecule has 92 valence electrons. The zero-order valence-electron chi connectivity index (χ0n) is 10.4. The van der Waals surface area contributed by atoms with Crippen LogP contribution in [0.2, 0.25) is 0 Å². The number of benzene rings is 1. The lowest BCUT2D eigenvalue weighted by Gasteiger charge is -2.18. The molecule has 0 saturated heterocycles. The summed E-state index contributed by atoms with van der Waals surface area (Å²) in [7, 11) is 0. The van der Waals surface area contributed by atoms with Crippen molar-refractivity contribution in [3.05, 3.63) is 66.0 Å². The van der Waals surface area contributed by atoms with E-state index < -0.39 is 0 Å². The van der Waals surface area contributed by atoms with Crippen LogP contribution >= 0.6 is 0 Å². The molecule has 1 aliphatic carbocycles. The van der Waals surface area contributed by atoms with Crippen molar-refractivity contribution < 1.29 is 0 Å². The standard InChI is InChI=1S/C16H18N2/c1-2-6-13(7-3-1)16(14-9-10-14)18-12-15-8-4-5-11-17-15/h1-8,11,14,16,18H,9-10,12H2/t16-/m1/s1. The van der Waals surface area contributed by atoms with Crippen LogP contribution in [-0.4, -0.2) is 4.98 Å². The molecule has 18 heavy (non-hydrogen) atoms. The Bertz CT molecular complexity index is 477. The van der Waals surface area contributed by atoms with Crippen LogP contribution in [0.4, 0.5) is 0 Å². The molecule has 1 heterocycles. The zero-order valence-corrected chi connectivity index (χ0v) is 10.4. The molecule has 0 amide bonds. The van der Waals surface area contributed by atoms with Gasteiger partial charge in [0, 0.05) is 18.8 Å². The van der Waals surface area contributed by atoms with Gasteiger partial charge in [-0.15, -0.1) is 0 Å². The van der Waals surface area contributed by atoms with Crippen molar-refractivity contribution in [1.29, 1.82) is 0 Å². The molecule has 1 saturated carbocycles. The van der Waals surface area contributed by atoms with E-state index in [-0.39, 0.29) is 0 Å². The van der Waals surface area contributed by atoms with Crippen molar-refractivity contribution in [2.75, 3.05) is 0 Å². The zero-order chi connectivity index (χ0) is 12.2. The number of hydrogen-bond donors (Lipinski definition) is 1. The predicted octanol–water partition coefficient (Wildman–Crippen LogP) is 3.32. The first kappa shape index (κ1) is 11.4. The van der Waals surface area contributed by atoms with Crippen LogP contribution < -0.4 is 5.32 Å². The highest BCUT2D eigenvalue weighted by Gasteiger charge is 2.31. The summed E-state index contributed by atoms with van der Waals surface area (Å²) in [6.07, 6.45) is 4.54.